The van der Waals surface area contributed by atoms with Gasteiger partial charge in [-0.3, -0.25) is 0 Å². The number of rotatable bonds is 5. The Bertz CT molecular complexity index is 832. The molecule has 2 N–H and O–H groups in total. The lowest BCUT2D eigenvalue weighted by Gasteiger charge is -2.61. The standard InChI is InChI=1S/C30H48O2/c1-20(19-31)9-8-10-21(2)22-13-17-30(7)24-11-12-25-27(3,4)26(32)15-16-28(25,5)23(24)14-18-29(22,30)6/h9,11,14,21-22,25-26,31-32H,8,10,12-13,15-19H2,1-7H3/b20-9-/t21-,22-,25-,26+,28-,29-,30+/m1/s1. The third-order valence-corrected chi connectivity index (χ3v) is 11.3. The van der Waals surface area contributed by atoms with Gasteiger partial charge in [0, 0.05) is 0 Å². The van der Waals surface area contributed by atoms with Crippen molar-refractivity contribution in [3.8, 4) is 0 Å². The van der Waals surface area contributed by atoms with Gasteiger partial charge in [0.25, 0.3) is 0 Å². The minimum Gasteiger partial charge on any atom is -0.393 e. The molecular formula is C30H48O2. The van der Waals surface area contributed by atoms with Gasteiger partial charge in [0.15, 0.2) is 0 Å². The molecule has 2 heteroatoms. The fourth-order valence-corrected chi connectivity index (χ4v) is 8.80. The van der Waals surface area contributed by atoms with E-state index in [-0.39, 0.29) is 29.0 Å². The summed E-state index contributed by atoms with van der Waals surface area (Å²) >= 11 is 0. The second kappa shape index (κ2) is 8.12. The summed E-state index contributed by atoms with van der Waals surface area (Å²) in [5.74, 6) is 1.99. The molecule has 4 aliphatic carbocycles. The predicted octanol–water partition coefficient (Wildman–Crippen LogP) is 7.23. The Kier molecular flexibility index (Phi) is 6.16. The summed E-state index contributed by atoms with van der Waals surface area (Å²) < 4.78 is 0. The first-order valence-corrected chi connectivity index (χ1v) is 13.3. The van der Waals surface area contributed by atoms with Crippen molar-refractivity contribution in [2.45, 2.75) is 106 Å². The summed E-state index contributed by atoms with van der Waals surface area (Å²) in [4.78, 5) is 0. The molecule has 0 aliphatic heterocycles. The van der Waals surface area contributed by atoms with Crippen LogP contribution in [0.1, 0.15) is 99.8 Å². The van der Waals surface area contributed by atoms with Gasteiger partial charge in [-0.05, 0) is 109 Å². The zero-order valence-electron chi connectivity index (χ0n) is 21.8. The largest absolute Gasteiger partial charge is 0.393 e. The quantitative estimate of drug-likeness (QED) is 0.443. The SMILES string of the molecule is C/C(=C/CC[C@@H](C)[C@H]1CC[C@@]2(C)C3=CC[C@@H]4C(C)(C)[C@@H](O)CC[C@]4(C)C3=CC[C@]12C)CO. The molecule has 0 saturated heterocycles. The molecule has 2 fully saturated rings. The van der Waals surface area contributed by atoms with Crippen LogP contribution in [-0.4, -0.2) is 22.9 Å². The lowest BCUT2D eigenvalue weighted by molar-refractivity contribution is -0.0851. The maximum atomic E-state index is 10.8. The Morgan fingerprint density at radius 2 is 1.81 bits per heavy atom. The normalized spacial score (nSPS) is 44.2. The van der Waals surface area contributed by atoms with E-state index in [0.29, 0.717) is 17.3 Å². The molecule has 7 atom stereocenters. The number of aliphatic hydroxyl groups is 2. The van der Waals surface area contributed by atoms with Crippen molar-refractivity contribution in [1.29, 1.82) is 0 Å². The zero-order chi connectivity index (χ0) is 23.5. The maximum Gasteiger partial charge on any atom is 0.0639 e. The molecule has 0 amide bonds. The van der Waals surface area contributed by atoms with E-state index in [2.05, 4.69) is 59.8 Å². The van der Waals surface area contributed by atoms with Crippen LogP contribution < -0.4 is 0 Å². The Morgan fingerprint density at radius 1 is 1.09 bits per heavy atom. The molecule has 0 aromatic carbocycles. The highest BCUT2D eigenvalue weighted by molar-refractivity contribution is 5.49. The van der Waals surface area contributed by atoms with E-state index in [1.54, 1.807) is 11.1 Å². The third kappa shape index (κ3) is 3.34. The second-order valence-electron chi connectivity index (χ2n) is 13.2. The van der Waals surface area contributed by atoms with Crippen LogP contribution in [0.2, 0.25) is 0 Å². The van der Waals surface area contributed by atoms with Crippen molar-refractivity contribution in [3.05, 3.63) is 34.9 Å². The van der Waals surface area contributed by atoms with Gasteiger partial charge in [0.2, 0.25) is 0 Å². The van der Waals surface area contributed by atoms with E-state index in [9.17, 15) is 10.2 Å². The van der Waals surface area contributed by atoms with E-state index in [4.69, 9.17) is 0 Å². The average Bonchev–Trinajstić information content (AvgIpc) is 3.02. The van der Waals surface area contributed by atoms with Crippen molar-refractivity contribution in [1.82, 2.24) is 0 Å². The molecule has 32 heavy (non-hydrogen) atoms. The molecule has 180 valence electrons. The van der Waals surface area contributed by atoms with Crippen LogP contribution >= 0.6 is 0 Å². The number of allylic oxidation sites excluding steroid dienone is 5. The molecule has 0 aromatic heterocycles. The molecule has 0 aromatic rings. The molecule has 0 unspecified atom stereocenters. The van der Waals surface area contributed by atoms with Crippen LogP contribution in [0.5, 0.6) is 0 Å². The number of hydrogen-bond acceptors (Lipinski definition) is 2. The van der Waals surface area contributed by atoms with Crippen molar-refractivity contribution in [2.75, 3.05) is 6.61 Å². The molecule has 0 spiro atoms. The van der Waals surface area contributed by atoms with Crippen molar-refractivity contribution in [3.63, 3.8) is 0 Å². The summed E-state index contributed by atoms with van der Waals surface area (Å²) in [6.07, 6.45) is 16.6. The minimum atomic E-state index is -0.180. The Morgan fingerprint density at radius 3 is 2.50 bits per heavy atom. The Labute approximate surface area is 197 Å². The van der Waals surface area contributed by atoms with Crippen LogP contribution in [0.3, 0.4) is 0 Å². The van der Waals surface area contributed by atoms with Gasteiger partial charge in [-0.25, -0.2) is 0 Å². The molecule has 4 aliphatic rings. The van der Waals surface area contributed by atoms with Gasteiger partial charge >= 0.3 is 0 Å². The molecule has 0 radical (unpaired) electrons. The van der Waals surface area contributed by atoms with E-state index < -0.39 is 0 Å². The van der Waals surface area contributed by atoms with Crippen molar-refractivity contribution >= 4 is 0 Å². The minimum absolute atomic E-state index is 0.0233. The summed E-state index contributed by atoms with van der Waals surface area (Å²) in [7, 11) is 0. The number of fused-ring (bicyclic) bond motifs is 5. The fourth-order valence-electron chi connectivity index (χ4n) is 8.80. The van der Waals surface area contributed by atoms with Crippen LogP contribution in [0.15, 0.2) is 34.9 Å². The number of hydrogen-bond donors (Lipinski definition) is 2. The summed E-state index contributed by atoms with van der Waals surface area (Å²) in [5.41, 5.74) is 5.18. The van der Waals surface area contributed by atoms with Crippen LogP contribution in [0, 0.1) is 39.4 Å². The monoisotopic (exact) mass is 440 g/mol. The van der Waals surface area contributed by atoms with Gasteiger partial charge < -0.3 is 10.2 Å². The topological polar surface area (TPSA) is 40.5 Å². The first-order valence-electron chi connectivity index (χ1n) is 13.3. The molecule has 2 nitrogen and oxygen atoms in total. The van der Waals surface area contributed by atoms with E-state index in [0.717, 1.165) is 37.2 Å². The number of aliphatic hydroxyl groups excluding tert-OH is 2. The Hall–Kier alpha value is -0.860. The zero-order valence-corrected chi connectivity index (χ0v) is 21.8. The van der Waals surface area contributed by atoms with Crippen molar-refractivity contribution in [2.24, 2.45) is 39.4 Å². The maximum absolute atomic E-state index is 10.8. The highest BCUT2D eigenvalue weighted by atomic mass is 16.3. The van der Waals surface area contributed by atoms with Crippen molar-refractivity contribution < 1.29 is 10.2 Å². The third-order valence-electron chi connectivity index (χ3n) is 11.3. The van der Waals surface area contributed by atoms with E-state index in [1.165, 1.54) is 25.7 Å². The first-order chi connectivity index (χ1) is 14.9. The molecule has 4 rings (SSSR count). The molecule has 0 bridgehead atoms. The van der Waals surface area contributed by atoms with Gasteiger partial charge in [-0.15, -0.1) is 0 Å². The van der Waals surface area contributed by atoms with E-state index in [1.807, 2.05) is 6.92 Å². The van der Waals surface area contributed by atoms with Crippen LogP contribution in [-0.2, 0) is 0 Å². The van der Waals surface area contributed by atoms with Gasteiger partial charge in [0.05, 0.1) is 12.7 Å². The highest BCUT2D eigenvalue weighted by Crippen LogP contribution is 2.71. The summed E-state index contributed by atoms with van der Waals surface area (Å²) in [6.45, 7) is 17.0. The average molecular weight is 441 g/mol. The smallest absolute Gasteiger partial charge is 0.0639 e. The molecule has 0 heterocycles. The van der Waals surface area contributed by atoms with Gasteiger partial charge in [-0.1, -0.05) is 65.3 Å². The molecular weight excluding hydrogens is 392 g/mol. The lowest BCUT2D eigenvalue weighted by Crippen LogP contribution is -2.54. The second-order valence-corrected chi connectivity index (χ2v) is 13.2. The lowest BCUT2D eigenvalue weighted by atomic mass is 9.44. The van der Waals surface area contributed by atoms with Gasteiger partial charge in [-0.2, -0.15) is 0 Å². The fraction of sp³-hybridized carbons (Fsp3) is 0.800. The van der Waals surface area contributed by atoms with E-state index >= 15 is 0 Å². The molecule has 2 saturated carbocycles. The summed E-state index contributed by atoms with van der Waals surface area (Å²) in [6, 6.07) is 0. The first kappa shape index (κ1) is 24.3. The Balaban J connectivity index is 1.63. The van der Waals surface area contributed by atoms with Gasteiger partial charge in [0.1, 0.15) is 0 Å². The predicted molar refractivity (Wildman–Crippen MR) is 134 cm³/mol. The summed E-state index contributed by atoms with van der Waals surface area (Å²) in [5, 5.41) is 20.1. The highest BCUT2D eigenvalue weighted by Gasteiger charge is 2.62. The van der Waals surface area contributed by atoms with Crippen LogP contribution in [0.4, 0.5) is 0 Å². The van der Waals surface area contributed by atoms with Crippen LogP contribution in [0.25, 0.3) is 0 Å².